The van der Waals surface area contributed by atoms with E-state index < -0.39 is 0 Å². The molecular weight excluding hydrogens is 238 g/mol. The fourth-order valence-corrected chi connectivity index (χ4v) is 1.88. The molecule has 0 fully saturated rings. The third kappa shape index (κ3) is 2.34. The molecule has 0 aliphatic carbocycles. The van der Waals surface area contributed by atoms with Crippen LogP contribution >= 0.6 is 11.6 Å². The number of esters is 1. The summed E-state index contributed by atoms with van der Waals surface area (Å²) in [6.07, 6.45) is 1.70. The summed E-state index contributed by atoms with van der Waals surface area (Å²) in [4.78, 5) is 14.6. The van der Waals surface area contributed by atoms with Gasteiger partial charge in [0, 0.05) is 22.3 Å². The van der Waals surface area contributed by atoms with Gasteiger partial charge in [-0.1, -0.05) is 29.8 Å². The standard InChI is InChI=1S/C13H12ClNO2/c1-2-17-13(16)12-10(7-8-15-12)9-5-3-4-6-11(9)14/h3-8,15H,2H2,1H3. The SMILES string of the molecule is CCOC(=O)c1[nH]ccc1-c1ccccc1Cl. The maximum absolute atomic E-state index is 11.7. The molecule has 1 heterocycles. The number of aromatic nitrogens is 1. The monoisotopic (exact) mass is 249 g/mol. The molecule has 0 aliphatic heterocycles. The molecule has 3 nitrogen and oxygen atoms in total. The Balaban J connectivity index is 2.44. The summed E-state index contributed by atoms with van der Waals surface area (Å²) in [7, 11) is 0. The Labute approximate surface area is 104 Å². The summed E-state index contributed by atoms with van der Waals surface area (Å²) >= 11 is 6.10. The van der Waals surface area contributed by atoms with Crippen molar-refractivity contribution in [2.75, 3.05) is 6.61 Å². The summed E-state index contributed by atoms with van der Waals surface area (Å²) in [5, 5.41) is 0.609. The van der Waals surface area contributed by atoms with Gasteiger partial charge in [-0.25, -0.2) is 4.79 Å². The minimum atomic E-state index is -0.368. The van der Waals surface area contributed by atoms with Crippen LogP contribution in [-0.4, -0.2) is 17.6 Å². The number of carbonyl (C=O) groups is 1. The molecule has 0 aliphatic rings. The zero-order valence-electron chi connectivity index (χ0n) is 9.37. The van der Waals surface area contributed by atoms with Gasteiger partial charge in [-0.05, 0) is 19.1 Å². The highest BCUT2D eigenvalue weighted by molar-refractivity contribution is 6.33. The van der Waals surface area contributed by atoms with Gasteiger partial charge < -0.3 is 9.72 Å². The molecule has 0 atom stereocenters. The number of rotatable bonds is 3. The minimum Gasteiger partial charge on any atom is -0.461 e. The molecule has 0 spiro atoms. The van der Waals surface area contributed by atoms with Crippen molar-refractivity contribution in [3.8, 4) is 11.1 Å². The van der Waals surface area contributed by atoms with Gasteiger partial charge in [0.2, 0.25) is 0 Å². The van der Waals surface area contributed by atoms with Crippen LogP contribution in [0, 0.1) is 0 Å². The Morgan fingerprint density at radius 1 is 1.29 bits per heavy atom. The zero-order chi connectivity index (χ0) is 12.3. The molecule has 4 heteroatoms. The summed E-state index contributed by atoms with van der Waals surface area (Å²) < 4.78 is 4.98. The van der Waals surface area contributed by atoms with E-state index in [0.29, 0.717) is 17.3 Å². The van der Waals surface area contributed by atoms with Crippen molar-refractivity contribution in [2.45, 2.75) is 6.92 Å². The van der Waals surface area contributed by atoms with Gasteiger partial charge in [0.15, 0.2) is 0 Å². The molecule has 0 radical (unpaired) electrons. The van der Waals surface area contributed by atoms with Gasteiger partial charge in [0.25, 0.3) is 0 Å². The molecule has 1 aromatic heterocycles. The first-order valence-corrected chi connectivity index (χ1v) is 5.71. The lowest BCUT2D eigenvalue weighted by atomic mass is 10.1. The van der Waals surface area contributed by atoms with Crippen molar-refractivity contribution < 1.29 is 9.53 Å². The van der Waals surface area contributed by atoms with E-state index in [1.807, 2.05) is 24.3 Å². The van der Waals surface area contributed by atoms with Gasteiger partial charge >= 0.3 is 5.97 Å². The maximum atomic E-state index is 11.7. The molecule has 0 bridgehead atoms. The van der Waals surface area contributed by atoms with Crippen LogP contribution in [-0.2, 0) is 4.74 Å². The fourth-order valence-electron chi connectivity index (χ4n) is 1.65. The van der Waals surface area contributed by atoms with Gasteiger partial charge in [-0.15, -0.1) is 0 Å². The largest absolute Gasteiger partial charge is 0.461 e. The minimum absolute atomic E-state index is 0.347. The molecule has 88 valence electrons. The van der Waals surface area contributed by atoms with Crippen LogP contribution in [0.2, 0.25) is 5.02 Å². The lowest BCUT2D eigenvalue weighted by Gasteiger charge is -2.05. The highest BCUT2D eigenvalue weighted by atomic mass is 35.5. The number of nitrogens with one attached hydrogen (secondary N) is 1. The second-order valence-corrected chi connectivity index (χ2v) is 3.87. The zero-order valence-corrected chi connectivity index (χ0v) is 10.1. The van der Waals surface area contributed by atoms with E-state index in [4.69, 9.17) is 16.3 Å². The predicted octanol–water partition coefficient (Wildman–Crippen LogP) is 3.51. The molecule has 1 aromatic carbocycles. The smallest absolute Gasteiger partial charge is 0.355 e. The van der Waals surface area contributed by atoms with E-state index in [2.05, 4.69) is 4.98 Å². The topological polar surface area (TPSA) is 42.1 Å². The third-order valence-corrected chi connectivity index (χ3v) is 2.72. The Morgan fingerprint density at radius 2 is 2.06 bits per heavy atom. The molecule has 1 N–H and O–H groups in total. The molecule has 2 aromatic rings. The second-order valence-electron chi connectivity index (χ2n) is 3.47. The Morgan fingerprint density at radius 3 is 2.76 bits per heavy atom. The van der Waals surface area contributed by atoms with Crippen LogP contribution in [0.3, 0.4) is 0 Å². The van der Waals surface area contributed by atoms with E-state index in [9.17, 15) is 4.79 Å². The Bertz CT molecular complexity index is 534. The van der Waals surface area contributed by atoms with E-state index in [1.165, 1.54) is 0 Å². The first-order chi connectivity index (χ1) is 8.24. The first-order valence-electron chi connectivity index (χ1n) is 5.33. The van der Waals surface area contributed by atoms with Crippen LogP contribution in [0.5, 0.6) is 0 Å². The molecule has 0 unspecified atom stereocenters. The highest BCUT2D eigenvalue weighted by Crippen LogP contribution is 2.30. The summed E-state index contributed by atoms with van der Waals surface area (Å²) in [5.41, 5.74) is 2.01. The number of benzene rings is 1. The lowest BCUT2D eigenvalue weighted by molar-refractivity contribution is 0.0521. The number of hydrogen-bond acceptors (Lipinski definition) is 2. The fraction of sp³-hybridized carbons (Fsp3) is 0.154. The predicted molar refractivity (Wildman–Crippen MR) is 67.2 cm³/mol. The van der Waals surface area contributed by atoms with Crippen LogP contribution in [0.25, 0.3) is 11.1 Å². The van der Waals surface area contributed by atoms with Gasteiger partial charge in [-0.2, -0.15) is 0 Å². The van der Waals surface area contributed by atoms with Crippen LogP contribution in [0.15, 0.2) is 36.5 Å². The Kier molecular flexibility index (Phi) is 3.49. The highest BCUT2D eigenvalue weighted by Gasteiger charge is 2.16. The van der Waals surface area contributed by atoms with Crippen molar-refractivity contribution in [1.29, 1.82) is 0 Å². The van der Waals surface area contributed by atoms with E-state index >= 15 is 0 Å². The van der Waals surface area contributed by atoms with Crippen molar-refractivity contribution in [3.63, 3.8) is 0 Å². The number of halogens is 1. The van der Waals surface area contributed by atoms with Crippen molar-refractivity contribution in [2.24, 2.45) is 0 Å². The van der Waals surface area contributed by atoms with Crippen LogP contribution in [0.1, 0.15) is 17.4 Å². The number of hydrogen-bond donors (Lipinski definition) is 1. The maximum Gasteiger partial charge on any atom is 0.355 e. The lowest BCUT2D eigenvalue weighted by Crippen LogP contribution is -2.06. The molecule has 2 rings (SSSR count). The normalized spacial score (nSPS) is 10.2. The van der Waals surface area contributed by atoms with Gasteiger partial charge in [0.1, 0.15) is 5.69 Å². The van der Waals surface area contributed by atoms with E-state index in [1.54, 1.807) is 19.2 Å². The quantitative estimate of drug-likeness (QED) is 0.846. The van der Waals surface area contributed by atoms with E-state index in [-0.39, 0.29) is 5.97 Å². The third-order valence-electron chi connectivity index (χ3n) is 2.39. The Hall–Kier alpha value is -1.74. The summed E-state index contributed by atoms with van der Waals surface area (Å²) in [6.45, 7) is 2.12. The van der Waals surface area contributed by atoms with Crippen LogP contribution in [0.4, 0.5) is 0 Å². The summed E-state index contributed by atoms with van der Waals surface area (Å²) in [6, 6.07) is 9.20. The number of aromatic amines is 1. The average molecular weight is 250 g/mol. The molecule has 0 saturated carbocycles. The summed E-state index contributed by atoms with van der Waals surface area (Å²) in [5.74, 6) is -0.368. The number of carbonyl (C=O) groups excluding carboxylic acids is 1. The number of H-pyrrole nitrogens is 1. The van der Waals surface area contributed by atoms with Crippen molar-refractivity contribution >= 4 is 17.6 Å². The van der Waals surface area contributed by atoms with Gasteiger partial charge in [-0.3, -0.25) is 0 Å². The molecule has 17 heavy (non-hydrogen) atoms. The first kappa shape index (κ1) is 11.7. The number of ether oxygens (including phenoxy) is 1. The van der Waals surface area contributed by atoms with Gasteiger partial charge in [0.05, 0.1) is 6.61 Å². The molecule has 0 amide bonds. The molecular formula is C13H12ClNO2. The molecule has 0 saturated heterocycles. The van der Waals surface area contributed by atoms with Crippen molar-refractivity contribution in [3.05, 3.63) is 47.2 Å². The van der Waals surface area contributed by atoms with E-state index in [0.717, 1.165) is 11.1 Å². The average Bonchev–Trinajstić information content (AvgIpc) is 2.79. The van der Waals surface area contributed by atoms with Crippen molar-refractivity contribution in [1.82, 2.24) is 4.98 Å². The van der Waals surface area contributed by atoms with Crippen LogP contribution < -0.4 is 0 Å². The second kappa shape index (κ2) is 5.06.